The molecular formula is C14H17NO5. The monoisotopic (exact) mass is 279 g/mol. The number of ether oxygens (including phenoxy) is 2. The highest BCUT2D eigenvalue weighted by atomic mass is 16.5. The standard InChI is InChI=1S/C14H17NO5/c1-4-20-13-8-10(5-6-12(13)19-3)7-11(14(17)18)15-9(2)16/h5-8H,4H2,1-3H3,(H,15,16)(H,17,18). The number of amides is 1. The first-order valence-electron chi connectivity index (χ1n) is 6.01. The van der Waals surface area contributed by atoms with Crippen molar-refractivity contribution in [1.82, 2.24) is 5.32 Å². The molecule has 6 nitrogen and oxygen atoms in total. The van der Waals surface area contributed by atoms with Crippen LogP contribution in [0.4, 0.5) is 0 Å². The van der Waals surface area contributed by atoms with E-state index in [1.807, 2.05) is 6.92 Å². The summed E-state index contributed by atoms with van der Waals surface area (Å²) in [6.07, 6.45) is 1.35. The summed E-state index contributed by atoms with van der Waals surface area (Å²) >= 11 is 0. The lowest BCUT2D eigenvalue weighted by molar-refractivity contribution is -0.134. The molecule has 1 aromatic rings. The molecule has 0 atom stereocenters. The molecule has 0 bridgehead atoms. The lowest BCUT2D eigenvalue weighted by Crippen LogP contribution is -2.24. The van der Waals surface area contributed by atoms with Crippen LogP contribution in [-0.2, 0) is 9.59 Å². The summed E-state index contributed by atoms with van der Waals surface area (Å²) in [5.74, 6) is -0.595. The van der Waals surface area contributed by atoms with Crippen molar-refractivity contribution in [2.45, 2.75) is 13.8 Å². The highest BCUT2D eigenvalue weighted by Gasteiger charge is 2.10. The normalized spacial score (nSPS) is 10.8. The molecule has 108 valence electrons. The number of aliphatic carboxylic acids is 1. The molecule has 0 aromatic heterocycles. The second kappa shape index (κ2) is 7.18. The Kier molecular flexibility index (Phi) is 5.58. The van der Waals surface area contributed by atoms with Gasteiger partial charge in [0.15, 0.2) is 11.5 Å². The minimum atomic E-state index is -1.21. The molecule has 0 unspecified atom stereocenters. The van der Waals surface area contributed by atoms with Crippen molar-refractivity contribution in [1.29, 1.82) is 0 Å². The minimum Gasteiger partial charge on any atom is -0.493 e. The molecule has 0 aliphatic carbocycles. The Bertz CT molecular complexity index is 536. The lowest BCUT2D eigenvalue weighted by atomic mass is 10.1. The van der Waals surface area contributed by atoms with E-state index in [-0.39, 0.29) is 5.70 Å². The number of hydrogen-bond donors (Lipinski definition) is 2. The average Bonchev–Trinajstić information content (AvgIpc) is 2.38. The van der Waals surface area contributed by atoms with Crippen LogP contribution in [0.5, 0.6) is 11.5 Å². The molecule has 0 fully saturated rings. The van der Waals surface area contributed by atoms with Crippen LogP contribution >= 0.6 is 0 Å². The Labute approximate surface area is 117 Å². The van der Waals surface area contributed by atoms with Crippen molar-refractivity contribution in [2.24, 2.45) is 0 Å². The summed E-state index contributed by atoms with van der Waals surface area (Å²) < 4.78 is 10.5. The predicted octanol–water partition coefficient (Wildman–Crippen LogP) is 1.66. The third-order valence-electron chi connectivity index (χ3n) is 2.34. The maximum absolute atomic E-state index is 11.0. The van der Waals surface area contributed by atoms with E-state index >= 15 is 0 Å². The van der Waals surface area contributed by atoms with Gasteiger partial charge in [0.2, 0.25) is 5.91 Å². The Hall–Kier alpha value is -2.50. The number of carboxylic acid groups (broad SMARTS) is 1. The van der Waals surface area contributed by atoms with Crippen LogP contribution in [0.25, 0.3) is 6.08 Å². The van der Waals surface area contributed by atoms with Crippen LogP contribution in [-0.4, -0.2) is 30.7 Å². The van der Waals surface area contributed by atoms with E-state index in [1.165, 1.54) is 20.1 Å². The molecule has 0 saturated carbocycles. The van der Waals surface area contributed by atoms with Gasteiger partial charge in [0, 0.05) is 6.92 Å². The highest BCUT2D eigenvalue weighted by Crippen LogP contribution is 2.28. The highest BCUT2D eigenvalue weighted by molar-refractivity contribution is 5.96. The maximum atomic E-state index is 11.0. The van der Waals surface area contributed by atoms with Crippen LogP contribution in [0.3, 0.4) is 0 Å². The van der Waals surface area contributed by atoms with Crippen molar-refractivity contribution >= 4 is 18.0 Å². The van der Waals surface area contributed by atoms with Crippen LogP contribution in [0.15, 0.2) is 23.9 Å². The molecule has 0 aliphatic rings. The molecule has 1 amide bonds. The van der Waals surface area contributed by atoms with Gasteiger partial charge in [0.1, 0.15) is 5.70 Å². The zero-order chi connectivity index (χ0) is 15.1. The van der Waals surface area contributed by atoms with Gasteiger partial charge in [0.05, 0.1) is 13.7 Å². The van der Waals surface area contributed by atoms with Gasteiger partial charge in [-0.2, -0.15) is 0 Å². The van der Waals surface area contributed by atoms with Gasteiger partial charge in [-0.05, 0) is 30.7 Å². The van der Waals surface area contributed by atoms with E-state index in [1.54, 1.807) is 18.2 Å². The number of methoxy groups -OCH3 is 1. The van der Waals surface area contributed by atoms with Crippen LogP contribution in [0.2, 0.25) is 0 Å². The van der Waals surface area contributed by atoms with Crippen molar-refractivity contribution < 1.29 is 24.2 Å². The van der Waals surface area contributed by atoms with Crippen molar-refractivity contribution in [3.8, 4) is 11.5 Å². The fraction of sp³-hybridized carbons (Fsp3) is 0.286. The summed E-state index contributed by atoms with van der Waals surface area (Å²) in [4.78, 5) is 22.0. The number of carbonyl (C=O) groups excluding carboxylic acids is 1. The summed E-state index contributed by atoms with van der Waals surface area (Å²) in [5, 5.41) is 11.3. The number of carboxylic acids is 1. The van der Waals surface area contributed by atoms with Gasteiger partial charge in [0.25, 0.3) is 0 Å². The molecule has 0 aliphatic heterocycles. The van der Waals surface area contributed by atoms with E-state index in [2.05, 4.69) is 5.32 Å². The van der Waals surface area contributed by atoms with E-state index in [9.17, 15) is 9.59 Å². The summed E-state index contributed by atoms with van der Waals surface area (Å²) in [5.41, 5.74) is 0.380. The van der Waals surface area contributed by atoms with Gasteiger partial charge in [-0.1, -0.05) is 6.07 Å². The predicted molar refractivity (Wildman–Crippen MR) is 73.6 cm³/mol. The first-order chi connectivity index (χ1) is 9.47. The fourth-order valence-corrected chi connectivity index (χ4v) is 1.56. The average molecular weight is 279 g/mol. The Morgan fingerprint density at radius 1 is 1.35 bits per heavy atom. The van der Waals surface area contributed by atoms with E-state index in [0.29, 0.717) is 23.7 Å². The first kappa shape index (κ1) is 15.6. The summed E-state index contributed by atoms with van der Waals surface area (Å²) in [6, 6.07) is 4.99. The van der Waals surface area contributed by atoms with Gasteiger partial charge < -0.3 is 19.9 Å². The van der Waals surface area contributed by atoms with Crippen molar-refractivity contribution in [2.75, 3.05) is 13.7 Å². The topological polar surface area (TPSA) is 84.9 Å². The molecule has 0 heterocycles. The lowest BCUT2D eigenvalue weighted by Gasteiger charge is -2.10. The molecular weight excluding hydrogens is 262 g/mol. The quantitative estimate of drug-likeness (QED) is 0.773. The molecule has 2 N–H and O–H groups in total. The fourth-order valence-electron chi connectivity index (χ4n) is 1.56. The van der Waals surface area contributed by atoms with Crippen LogP contribution in [0, 0.1) is 0 Å². The molecule has 20 heavy (non-hydrogen) atoms. The third-order valence-corrected chi connectivity index (χ3v) is 2.34. The second-order valence-electron chi connectivity index (χ2n) is 3.89. The number of rotatable bonds is 6. The van der Waals surface area contributed by atoms with Crippen molar-refractivity contribution in [3.63, 3.8) is 0 Å². The minimum absolute atomic E-state index is 0.204. The van der Waals surface area contributed by atoms with Gasteiger partial charge in [-0.15, -0.1) is 0 Å². The Morgan fingerprint density at radius 2 is 2.05 bits per heavy atom. The van der Waals surface area contributed by atoms with Gasteiger partial charge >= 0.3 is 5.97 Å². The number of carbonyl (C=O) groups is 2. The van der Waals surface area contributed by atoms with Crippen LogP contribution in [0.1, 0.15) is 19.4 Å². The largest absolute Gasteiger partial charge is 0.493 e. The van der Waals surface area contributed by atoms with E-state index < -0.39 is 11.9 Å². The van der Waals surface area contributed by atoms with E-state index in [4.69, 9.17) is 14.6 Å². The van der Waals surface area contributed by atoms with Crippen molar-refractivity contribution in [3.05, 3.63) is 29.5 Å². The Balaban J connectivity index is 3.14. The molecule has 0 radical (unpaired) electrons. The van der Waals surface area contributed by atoms with Crippen LogP contribution < -0.4 is 14.8 Å². The zero-order valence-electron chi connectivity index (χ0n) is 11.6. The number of benzene rings is 1. The summed E-state index contributed by atoms with van der Waals surface area (Å²) in [6.45, 7) is 3.54. The van der Waals surface area contributed by atoms with Gasteiger partial charge in [-0.25, -0.2) is 4.79 Å². The summed E-state index contributed by atoms with van der Waals surface area (Å²) in [7, 11) is 1.52. The maximum Gasteiger partial charge on any atom is 0.352 e. The second-order valence-corrected chi connectivity index (χ2v) is 3.89. The first-order valence-corrected chi connectivity index (χ1v) is 6.01. The SMILES string of the molecule is CCOc1cc(C=C(NC(C)=O)C(=O)O)ccc1OC. The third kappa shape index (κ3) is 4.31. The molecule has 6 heteroatoms. The molecule has 1 aromatic carbocycles. The number of hydrogen-bond acceptors (Lipinski definition) is 4. The molecule has 0 saturated heterocycles. The Morgan fingerprint density at radius 3 is 2.55 bits per heavy atom. The van der Waals surface area contributed by atoms with Gasteiger partial charge in [-0.3, -0.25) is 4.79 Å². The number of nitrogens with one attached hydrogen (secondary N) is 1. The molecule has 0 spiro atoms. The smallest absolute Gasteiger partial charge is 0.352 e. The molecule has 1 rings (SSSR count). The zero-order valence-corrected chi connectivity index (χ0v) is 11.6. The van der Waals surface area contributed by atoms with E-state index in [0.717, 1.165) is 0 Å².